The molecule has 0 fully saturated rings. The second-order valence-electron chi connectivity index (χ2n) is 3.37. The zero-order valence-electron chi connectivity index (χ0n) is 8.62. The topological polar surface area (TPSA) is 34.9 Å². The highest BCUT2D eigenvalue weighted by atomic mass is 79.9. The SMILES string of the molecule is CCn1c(C)nc2ccc(Br)cc2c1=O. The van der Waals surface area contributed by atoms with E-state index in [1.165, 1.54) is 0 Å². The molecule has 1 heterocycles. The van der Waals surface area contributed by atoms with Crippen LogP contribution < -0.4 is 5.56 Å². The predicted molar refractivity (Wildman–Crippen MR) is 64.1 cm³/mol. The fourth-order valence-corrected chi connectivity index (χ4v) is 2.04. The molecule has 2 aromatic rings. The van der Waals surface area contributed by atoms with Gasteiger partial charge in [0.15, 0.2) is 0 Å². The Labute approximate surface area is 95.9 Å². The number of aryl methyl sites for hydroxylation is 1. The second kappa shape index (κ2) is 3.77. The molecule has 0 radical (unpaired) electrons. The Bertz CT molecular complexity index is 575. The molecule has 0 saturated heterocycles. The van der Waals surface area contributed by atoms with Crippen LogP contribution in [0.5, 0.6) is 0 Å². The molecule has 0 aliphatic heterocycles. The van der Waals surface area contributed by atoms with Crippen LogP contribution in [-0.4, -0.2) is 9.55 Å². The number of hydrogen-bond acceptors (Lipinski definition) is 2. The van der Waals surface area contributed by atoms with Crippen LogP contribution >= 0.6 is 15.9 Å². The Morgan fingerprint density at radius 1 is 1.47 bits per heavy atom. The van der Waals surface area contributed by atoms with Crippen LogP contribution in [0.2, 0.25) is 0 Å². The molecule has 1 aromatic heterocycles. The molecule has 0 spiro atoms. The minimum atomic E-state index is 0.0290. The summed E-state index contributed by atoms with van der Waals surface area (Å²) in [4.78, 5) is 16.4. The lowest BCUT2D eigenvalue weighted by atomic mass is 10.2. The van der Waals surface area contributed by atoms with E-state index in [1.54, 1.807) is 4.57 Å². The first-order chi connectivity index (χ1) is 7.13. The summed E-state index contributed by atoms with van der Waals surface area (Å²) in [6.45, 7) is 4.45. The van der Waals surface area contributed by atoms with Gasteiger partial charge in [-0.15, -0.1) is 0 Å². The van der Waals surface area contributed by atoms with Crippen molar-refractivity contribution in [2.45, 2.75) is 20.4 Å². The van der Waals surface area contributed by atoms with Gasteiger partial charge in [-0.3, -0.25) is 9.36 Å². The molecule has 3 nitrogen and oxygen atoms in total. The summed E-state index contributed by atoms with van der Waals surface area (Å²) in [6, 6.07) is 5.56. The fourth-order valence-electron chi connectivity index (χ4n) is 1.68. The van der Waals surface area contributed by atoms with E-state index in [9.17, 15) is 4.79 Å². The molecule has 4 heteroatoms. The maximum atomic E-state index is 12.0. The lowest BCUT2D eigenvalue weighted by Crippen LogP contribution is -2.22. The number of aromatic nitrogens is 2. The molecule has 1 aromatic carbocycles. The summed E-state index contributed by atoms with van der Waals surface area (Å²) in [5.41, 5.74) is 0.784. The van der Waals surface area contributed by atoms with Gasteiger partial charge in [0.1, 0.15) is 5.82 Å². The molecule has 0 aliphatic carbocycles. The van der Waals surface area contributed by atoms with E-state index in [2.05, 4.69) is 20.9 Å². The smallest absolute Gasteiger partial charge is 0.261 e. The second-order valence-corrected chi connectivity index (χ2v) is 4.29. The van der Waals surface area contributed by atoms with Gasteiger partial charge in [0.2, 0.25) is 0 Å². The van der Waals surface area contributed by atoms with Gasteiger partial charge < -0.3 is 0 Å². The van der Waals surface area contributed by atoms with Crippen LogP contribution in [0, 0.1) is 6.92 Å². The molecular formula is C11H11BrN2O. The largest absolute Gasteiger partial charge is 0.297 e. The summed E-state index contributed by atoms with van der Waals surface area (Å²) in [6.07, 6.45) is 0. The van der Waals surface area contributed by atoms with Crippen molar-refractivity contribution in [1.82, 2.24) is 9.55 Å². The maximum Gasteiger partial charge on any atom is 0.261 e. The number of rotatable bonds is 1. The third-order valence-corrected chi connectivity index (χ3v) is 2.92. The van der Waals surface area contributed by atoms with Gasteiger partial charge >= 0.3 is 0 Å². The van der Waals surface area contributed by atoms with E-state index >= 15 is 0 Å². The van der Waals surface area contributed by atoms with Crippen LogP contribution in [0.1, 0.15) is 12.7 Å². The summed E-state index contributed by atoms with van der Waals surface area (Å²) in [5.74, 6) is 0.761. The van der Waals surface area contributed by atoms with Crippen molar-refractivity contribution in [3.63, 3.8) is 0 Å². The minimum absolute atomic E-state index is 0.0290. The summed E-state index contributed by atoms with van der Waals surface area (Å²) < 4.78 is 2.58. The Kier molecular flexibility index (Phi) is 2.61. The van der Waals surface area contributed by atoms with E-state index in [1.807, 2.05) is 32.0 Å². The number of benzene rings is 1. The van der Waals surface area contributed by atoms with Crippen molar-refractivity contribution in [3.05, 3.63) is 38.9 Å². The predicted octanol–water partition coefficient (Wildman–Crippen LogP) is 2.49. The molecule has 0 N–H and O–H groups in total. The highest BCUT2D eigenvalue weighted by Crippen LogP contribution is 2.15. The van der Waals surface area contributed by atoms with Crippen molar-refractivity contribution in [1.29, 1.82) is 0 Å². The van der Waals surface area contributed by atoms with E-state index in [4.69, 9.17) is 0 Å². The van der Waals surface area contributed by atoms with Crippen LogP contribution in [0.4, 0.5) is 0 Å². The lowest BCUT2D eigenvalue weighted by molar-refractivity contribution is 0.685. The average molecular weight is 267 g/mol. The van der Waals surface area contributed by atoms with Gasteiger partial charge in [0, 0.05) is 11.0 Å². The molecule has 0 unspecified atom stereocenters. The van der Waals surface area contributed by atoms with Gasteiger partial charge in [-0.2, -0.15) is 0 Å². The normalized spacial score (nSPS) is 10.9. The Morgan fingerprint density at radius 3 is 2.87 bits per heavy atom. The van der Waals surface area contributed by atoms with Crippen LogP contribution in [0.3, 0.4) is 0 Å². The van der Waals surface area contributed by atoms with Crippen molar-refractivity contribution in [2.75, 3.05) is 0 Å². The van der Waals surface area contributed by atoms with Gasteiger partial charge in [0.25, 0.3) is 5.56 Å². The molecule has 0 atom stereocenters. The molecular weight excluding hydrogens is 256 g/mol. The third kappa shape index (κ3) is 1.69. The maximum absolute atomic E-state index is 12.0. The molecule has 0 saturated carbocycles. The number of halogens is 1. The van der Waals surface area contributed by atoms with Crippen LogP contribution in [-0.2, 0) is 6.54 Å². The average Bonchev–Trinajstić information content (AvgIpc) is 2.20. The zero-order chi connectivity index (χ0) is 11.0. The van der Waals surface area contributed by atoms with Crippen LogP contribution in [0.15, 0.2) is 27.5 Å². The van der Waals surface area contributed by atoms with Crippen LogP contribution in [0.25, 0.3) is 10.9 Å². The van der Waals surface area contributed by atoms with Gasteiger partial charge in [-0.25, -0.2) is 4.98 Å². The van der Waals surface area contributed by atoms with E-state index in [-0.39, 0.29) is 5.56 Å². The Morgan fingerprint density at radius 2 is 2.20 bits per heavy atom. The first kappa shape index (κ1) is 10.4. The van der Waals surface area contributed by atoms with E-state index < -0.39 is 0 Å². The van der Waals surface area contributed by atoms with Crippen molar-refractivity contribution in [2.24, 2.45) is 0 Å². The first-order valence-corrected chi connectivity index (χ1v) is 5.59. The molecule has 2 rings (SSSR count). The monoisotopic (exact) mass is 266 g/mol. The minimum Gasteiger partial charge on any atom is -0.297 e. The quantitative estimate of drug-likeness (QED) is 0.795. The van der Waals surface area contributed by atoms with E-state index in [0.717, 1.165) is 15.8 Å². The Hall–Kier alpha value is -1.16. The third-order valence-electron chi connectivity index (χ3n) is 2.42. The van der Waals surface area contributed by atoms with Crippen molar-refractivity contribution in [3.8, 4) is 0 Å². The number of hydrogen-bond donors (Lipinski definition) is 0. The number of nitrogens with zero attached hydrogens (tertiary/aromatic N) is 2. The molecule has 15 heavy (non-hydrogen) atoms. The summed E-state index contributed by atoms with van der Waals surface area (Å²) in [7, 11) is 0. The molecule has 0 aliphatic rings. The van der Waals surface area contributed by atoms with Crippen molar-refractivity contribution >= 4 is 26.8 Å². The van der Waals surface area contributed by atoms with Gasteiger partial charge in [-0.05, 0) is 32.0 Å². The summed E-state index contributed by atoms with van der Waals surface area (Å²) >= 11 is 3.36. The summed E-state index contributed by atoms with van der Waals surface area (Å²) in [5, 5.41) is 0.664. The zero-order valence-corrected chi connectivity index (χ0v) is 10.2. The number of fused-ring (bicyclic) bond motifs is 1. The highest BCUT2D eigenvalue weighted by Gasteiger charge is 2.06. The molecule has 78 valence electrons. The van der Waals surface area contributed by atoms with Gasteiger partial charge in [-0.1, -0.05) is 15.9 Å². The first-order valence-electron chi connectivity index (χ1n) is 4.80. The fraction of sp³-hybridized carbons (Fsp3) is 0.273. The van der Waals surface area contributed by atoms with E-state index in [0.29, 0.717) is 11.9 Å². The standard InChI is InChI=1S/C11H11BrN2O/c1-3-14-7(2)13-10-5-4-8(12)6-9(10)11(14)15/h4-6H,3H2,1-2H3. The molecule has 0 bridgehead atoms. The van der Waals surface area contributed by atoms with Gasteiger partial charge in [0.05, 0.1) is 10.9 Å². The molecule has 0 amide bonds. The van der Waals surface area contributed by atoms with Crippen molar-refractivity contribution < 1.29 is 0 Å². The Balaban J connectivity index is 2.92. The highest BCUT2D eigenvalue weighted by molar-refractivity contribution is 9.10. The lowest BCUT2D eigenvalue weighted by Gasteiger charge is -2.07.